The standard InChI is InChI=1S/C54H88O22/c1-11-23(2)45(68)76-44-43(67)54(22-71-24(3)56)26(18-49(44,4)5)25-12-13-31-51(8)16-15-32(50(6,7)30(51)14-17-52(31,9)53(25,10)41(65)42(54)66)74-48-40(75-47-39(64)36(61)34(59)28(19-55)72-47)37(62)35(60)29(73-48)21-70-46-38(63)33(58)27(57)20-69-46/h12,23,26-44,46-48,55,57-67H,11,13-22H2,1-10H3. The Kier molecular flexibility index (Phi) is 17.1. The highest BCUT2D eigenvalue weighted by molar-refractivity contribution is 5.72. The molecule has 0 aromatic heterocycles. The van der Waals surface area contributed by atoms with Crippen LogP contribution in [0.3, 0.4) is 0 Å². The van der Waals surface area contributed by atoms with Crippen LogP contribution >= 0.6 is 0 Å². The topological polar surface area (TPSA) is 351 Å². The van der Waals surface area contributed by atoms with Gasteiger partial charge in [0.25, 0.3) is 0 Å². The highest BCUT2D eigenvalue weighted by Crippen LogP contribution is 2.76. The Morgan fingerprint density at radius 3 is 2.03 bits per heavy atom. The van der Waals surface area contributed by atoms with E-state index in [1.165, 1.54) is 6.92 Å². The number of hydrogen-bond acceptors (Lipinski definition) is 22. The third-order valence-electron chi connectivity index (χ3n) is 20.9. The number of hydrogen-bond donors (Lipinski definition) is 12. The van der Waals surface area contributed by atoms with Crippen LogP contribution in [0.25, 0.3) is 0 Å². The summed E-state index contributed by atoms with van der Waals surface area (Å²) in [4.78, 5) is 25.9. The van der Waals surface area contributed by atoms with Crippen molar-refractivity contribution in [3.8, 4) is 0 Å². The number of fused-ring (bicyclic) bond motifs is 7. The minimum atomic E-state index is -1.88. The lowest BCUT2D eigenvalue weighted by atomic mass is 9.32. The molecular formula is C54H88O22. The van der Waals surface area contributed by atoms with Crippen molar-refractivity contribution < 1.29 is 109 Å². The second-order valence-electron chi connectivity index (χ2n) is 25.7. The van der Waals surface area contributed by atoms with E-state index >= 15 is 0 Å². The molecule has 0 amide bonds. The first-order valence-corrected chi connectivity index (χ1v) is 27.4. The van der Waals surface area contributed by atoms with E-state index in [9.17, 15) is 70.9 Å². The molecule has 0 spiro atoms. The predicted octanol–water partition coefficient (Wildman–Crippen LogP) is -0.696. The molecule has 12 N–H and O–H groups in total. The lowest BCUT2D eigenvalue weighted by Gasteiger charge is -2.73. The van der Waals surface area contributed by atoms with E-state index in [0.717, 1.165) is 5.57 Å². The molecule has 76 heavy (non-hydrogen) atoms. The minimum absolute atomic E-state index is 0.0600. The first-order valence-electron chi connectivity index (χ1n) is 27.4. The van der Waals surface area contributed by atoms with Crippen LogP contribution in [0, 0.1) is 56.2 Å². The van der Waals surface area contributed by atoms with Crippen LogP contribution < -0.4 is 0 Å². The molecule has 8 rings (SSSR count). The average Bonchev–Trinajstić information content (AvgIpc) is 3.48. The molecule has 0 aromatic carbocycles. The summed E-state index contributed by atoms with van der Waals surface area (Å²) < 4.78 is 48.0. The van der Waals surface area contributed by atoms with Crippen molar-refractivity contribution in [3.05, 3.63) is 11.6 Å². The fourth-order valence-corrected chi connectivity index (χ4v) is 15.9. The molecule has 22 nitrogen and oxygen atoms in total. The second kappa shape index (κ2) is 21.7. The largest absolute Gasteiger partial charge is 0.465 e. The SMILES string of the molecule is CCC(C)C(=O)OC1C(O)C2(COC(C)=O)C(CC1(C)C)C1=CCC3C4(C)CCC(OC5OC(COC6OCC(O)C(O)C6O)C(O)C(O)C5OC5OC(CO)C(O)C(O)C5O)C(C)(C)C4CCC3(C)C1(C)C(O)C2O. The Bertz CT molecular complexity index is 2110. The third-order valence-corrected chi connectivity index (χ3v) is 20.9. The van der Waals surface area contributed by atoms with Crippen molar-refractivity contribution in [2.24, 2.45) is 56.2 Å². The van der Waals surface area contributed by atoms with Crippen LogP contribution in [0.15, 0.2) is 11.6 Å². The molecular weight excluding hydrogens is 1000 g/mol. The normalized spacial score (nSPS) is 51.2. The molecule has 436 valence electrons. The van der Waals surface area contributed by atoms with Gasteiger partial charge in [0.1, 0.15) is 86.0 Å². The monoisotopic (exact) mass is 1090 g/mol. The van der Waals surface area contributed by atoms with Crippen molar-refractivity contribution in [3.63, 3.8) is 0 Å². The van der Waals surface area contributed by atoms with Crippen LogP contribution in [0.1, 0.15) is 114 Å². The van der Waals surface area contributed by atoms with E-state index in [4.69, 9.17) is 37.9 Å². The lowest BCUT2D eigenvalue weighted by molar-refractivity contribution is -0.381. The highest BCUT2D eigenvalue weighted by Gasteiger charge is 2.76. The predicted molar refractivity (Wildman–Crippen MR) is 262 cm³/mol. The fourth-order valence-electron chi connectivity index (χ4n) is 15.9. The van der Waals surface area contributed by atoms with E-state index < -0.39 is 193 Å². The molecule has 27 unspecified atom stereocenters. The van der Waals surface area contributed by atoms with E-state index in [0.29, 0.717) is 44.9 Å². The summed E-state index contributed by atoms with van der Waals surface area (Å²) in [6.45, 7) is 17.2. The first-order chi connectivity index (χ1) is 35.4. The molecule has 3 aliphatic heterocycles. The van der Waals surface area contributed by atoms with Crippen LogP contribution in [0.2, 0.25) is 0 Å². The summed E-state index contributed by atoms with van der Waals surface area (Å²) in [7, 11) is 0. The number of esters is 2. The molecule has 3 saturated heterocycles. The smallest absolute Gasteiger partial charge is 0.309 e. The molecule has 7 fully saturated rings. The number of rotatable bonds is 13. The van der Waals surface area contributed by atoms with Gasteiger partial charge in [0.15, 0.2) is 18.9 Å². The second-order valence-corrected chi connectivity index (χ2v) is 25.7. The maximum atomic E-state index is 13.4. The van der Waals surface area contributed by atoms with Crippen LogP contribution in [-0.4, -0.2) is 216 Å². The number of carbonyl (C=O) groups is 2. The number of ether oxygens (including phenoxy) is 8. The summed E-state index contributed by atoms with van der Waals surface area (Å²) >= 11 is 0. The van der Waals surface area contributed by atoms with Crippen molar-refractivity contribution in [2.75, 3.05) is 26.4 Å². The lowest BCUT2D eigenvalue weighted by Crippen LogP contribution is -2.76. The molecule has 5 aliphatic carbocycles. The summed E-state index contributed by atoms with van der Waals surface area (Å²) in [5, 5.41) is 135. The number of allylic oxidation sites excluding steroid dienone is 1. The summed E-state index contributed by atoms with van der Waals surface area (Å²) in [6.07, 6.45) is -23.3. The van der Waals surface area contributed by atoms with Gasteiger partial charge in [0, 0.05) is 17.8 Å². The van der Waals surface area contributed by atoms with Gasteiger partial charge in [0.2, 0.25) is 0 Å². The van der Waals surface area contributed by atoms with Gasteiger partial charge in [-0.05, 0) is 78.9 Å². The van der Waals surface area contributed by atoms with Gasteiger partial charge in [-0.1, -0.05) is 74.0 Å². The third kappa shape index (κ3) is 9.53. The molecule has 22 heteroatoms. The van der Waals surface area contributed by atoms with Gasteiger partial charge in [0.05, 0.1) is 49.5 Å². The average molecular weight is 1090 g/mol. The Morgan fingerprint density at radius 1 is 0.737 bits per heavy atom. The van der Waals surface area contributed by atoms with Gasteiger partial charge < -0.3 is 99.2 Å². The zero-order valence-corrected chi connectivity index (χ0v) is 45.6. The van der Waals surface area contributed by atoms with Gasteiger partial charge >= 0.3 is 11.9 Å². The Hall–Kier alpha value is -2.04. The molecule has 27 atom stereocenters. The van der Waals surface area contributed by atoms with Crippen LogP contribution in [-0.2, 0) is 47.5 Å². The van der Waals surface area contributed by atoms with Crippen molar-refractivity contribution in [1.82, 2.24) is 0 Å². The molecule has 0 aromatic rings. The zero-order valence-electron chi connectivity index (χ0n) is 45.6. The number of aliphatic hydroxyl groups is 12. The van der Waals surface area contributed by atoms with E-state index in [-0.39, 0.29) is 18.4 Å². The fraction of sp³-hybridized carbons (Fsp3) is 0.926. The quantitative estimate of drug-likeness (QED) is 0.0617. The number of aliphatic hydroxyl groups excluding tert-OH is 12. The maximum absolute atomic E-state index is 13.4. The van der Waals surface area contributed by atoms with Crippen molar-refractivity contribution in [1.29, 1.82) is 0 Å². The van der Waals surface area contributed by atoms with Gasteiger partial charge in [-0.3, -0.25) is 9.59 Å². The van der Waals surface area contributed by atoms with Crippen LogP contribution in [0.4, 0.5) is 0 Å². The molecule has 4 saturated carbocycles. The number of carbonyl (C=O) groups excluding carboxylic acids is 2. The summed E-state index contributed by atoms with van der Waals surface area (Å²) in [6, 6.07) is 0. The van der Waals surface area contributed by atoms with Gasteiger partial charge in [-0.15, -0.1) is 0 Å². The maximum Gasteiger partial charge on any atom is 0.309 e. The van der Waals surface area contributed by atoms with Gasteiger partial charge in [-0.25, -0.2) is 0 Å². The molecule has 0 radical (unpaired) electrons. The Morgan fingerprint density at radius 2 is 1.38 bits per heavy atom. The molecule has 8 aliphatic rings. The molecule has 0 bridgehead atoms. The van der Waals surface area contributed by atoms with E-state index in [1.807, 2.05) is 27.7 Å². The Labute approximate surface area is 444 Å². The Balaban J connectivity index is 1.09. The van der Waals surface area contributed by atoms with Crippen LogP contribution in [0.5, 0.6) is 0 Å². The summed E-state index contributed by atoms with van der Waals surface area (Å²) in [5.74, 6) is -2.32. The van der Waals surface area contributed by atoms with E-state index in [1.54, 1.807) is 6.92 Å². The highest BCUT2D eigenvalue weighted by atomic mass is 16.8. The van der Waals surface area contributed by atoms with E-state index in [2.05, 4.69) is 33.8 Å². The molecule has 3 heterocycles. The van der Waals surface area contributed by atoms with Crippen molar-refractivity contribution >= 4 is 11.9 Å². The van der Waals surface area contributed by atoms with Crippen molar-refractivity contribution in [2.45, 2.75) is 231 Å². The first kappa shape index (κ1) is 60.1. The minimum Gasteiger partial charge on any atom is -0.465 e. The zero-order chi connectivity index (χ0) is 56.2. The summed E-state index contributed by atoms with van der Waals surface area (Å²) in [5.41, 5.74) is -4.40. The van der Waals surface area contributed by atoms with Gasteiger partial charge in [-0.2, -0.15) is 0 Å².